The van der Waals surface area contributed by atoms with Crippen LogP contribution in [0.3, 0.4) is 0 Å². The minimum atomic E-state index is 0.0982. The Morgan fingerprint density at radius 2 is 1.67 bits per heavy atom. The van der Waals surface area contributed by atoms with Crippen LogP contribution in [0.4, 0.5) is 0 Å². The van der Waals surface area contributed by atoms with Crippen LogP contribution in [0.5, 0.6) is 17.2 Å². The van der Waals surface area contributed by atoms with Gasteiger partial charge in [0.05, 0.1) is 20.3 Å². The van der Waals surface area contributed by atoms with Crippen LogP contribution in [0.15, 0.2) is 42.5 Å². The summed E-state index contributed by atoms with van der Waals surface area (Å²) in [6, 6.07) is 14.1. The van der Waals surface area contributed by atoms with E-state index in [2.05, 4.69) is 18.2 Å². The van der Waals surface area contributed by atoms with E-state index in [0.29, 0.717) is 6.54 Å². The summed E-state index contributed by atoms with van der Waals surface area (Å²) >= 11 is 0. The van der Waals surface area contributed by atoms with Crippen LogP contribution in [0.1, 0.15) is 30.9 Å². The molecule has 2 N–H and O–H groups in total. The largest absolute Gasteiger partial charge is 0.497 e. The molecule has 0 aliphatic heterocycles. The van der Waals surface area contributed by atoms with E-state index in [9.17, 15) is 0 Å². The normalized spacial score (nSPS) is 12.1. The first-order valence-corrected chi connectivity index (χ1v) is 8.25. The summed E-state index contributed by atoms with van der Waals surface area (Å²) in [4.78, 5) is 0. The lowest BCUT2D eigenvalue weighted by Crippen LogP contribution is -2.16. The molecule has 0 aromatic heterocycles. The molecule has 1 atom stereocenters. The Labute approximate surface area is 144 Å². The topological polar surface area (TPSA) is 53.7 Å². The van der Waals surface area contributed by atoms with Gasteiger partial charge in [-0.05, 0) is 56.1 Å². The molecule has 0 bridgehead atoms. The zero-order valence-electron chi connectivity index (χ0n) is 14.9. The molecule has 0 amide bonds. The van der Waals surface area contributed by atoms with E-state index in [1.165, 1.54) is 5.56 Å². The molecule has 0 fully saturated rings. The summed E-state index contributed by atoms with van der Waals surface area (Å²) in [5.74, 6) is 2.62. The predicted octanol–water partition coefficient (Wildman–Crippen LogP) is 3.78. The maximum absolute atomic E-state index is 6.03. The molecular formula is C20H27NO3. The zero-order chi connectivity index (χ0) is 17.5. The number of methoxy groups -OCH3 is 2. The van der Waals surface area contributed by atoms with Gasteiger partial charge < -0.3 is 19.9 Å². The van der Waals surface area contributed by atoms with Crippen LogP contribution in [0.25, 0.3) is 0 Å². The number of hydrogen-bond acceptors (Lipinski definition) is 4. The van der Waals surface area contributed by atoms with Gasteiger partial charge in [0.1, 0.15) is 5.75 Å². The van der Waals surface area contributed by atoms with Gasteiger partial charge in [-0.25, -0.2) is 0 Å². The fraction of sp³-hybridized carbons (Fsp3) is 0.400. The maximum atomic E-state index is 6.03. The molecule has 0 saturated carbocycles. The lowest BCUT2D eigenvalue weighted by molar-refractivity contribution is 0.229. The highest BCUT2D eigenvalue weighted by atomic mass is 16.5. The van der Waals surface area contributed by atoms with Crippen LogP contribution in [-0.2, 0) is 6.42 Å². The van der Waals surface area contributed by atoms with Gasteiger partial charge in [-0.3, -0.25) is 0 Å². The molecule has 2 aromatic rings. The van der Waals surface area contributed by atoms with Gasteiger partial charge in [0.15, 0.2) is 11.5 Å². The molecule has 0 saturated heterocycles. The standard InChI is InChI=1S/C20H27NO3/c1-14(2)24-19-7-5-6-16(20(19)23-4)12-17(13-21)15-8-10-18(22-3)11-9-15/h5-11,14,17H,12-13,21H2,1-4H3. The van der Waals surface area contributed by atoms with E-state index in [1.807, 2.05) is 38.1 Å². The van der Waals surface area contributed by atoms with E-state index < -0.39 is 0 Å². The summed E-state index contributed by atoms with van der Waals surface area (Å²) in [7, 11) is 3.34. The van der Waals surface area contributed by atoms with Crippen molar-refractivity contribution < 1.29 is 14.2 Å². The van der Waals surface area contributed by atoms with Gasteiger partial charge in [0.25, 0.3) is 0 Å². The van der Waals surface area contributed by atoms with Crippen molar-refractivity contribution >= 4 is 0 Å². The van der Waals surface area contributed by atoms with Crippen molar-refractivity contribution in [3.05, 3.63) is 53.6 Å². The Morgan fingerprint density at radius 1 is 0.958 bits per heavy atom. The number of ether oxygens (including phenoxy) is 3. The fourth-order valence-corrected chi connectivity index (χ4v) is 2.78. The third-order valence-electron chi connectivity index (χ3n) is 3.97. The minimum Gasteiger partial charge on any atom is -0.497 e. The second-order valence-electron chi connectivity index (χ2n) is 6.03. The molecule has 4 heteroatoms. The smallest absolute Gasteiger partial charge is 0.163 e. The van der Waals surface area contributed by atoms with Gasteiger partial charge >= 0.3 is 0 Å². The molecule has 4 nitrogen and oxygen atoms in total. The van der Waals surface area contributed by atoms with Gasteiger partial charge in [-0.2, -0.15) is 0 Å². The van der Waals surface area contributed by atoms with Crippen molar-refractivity contribution in [2.45, 2.75) is 32.3 Å². The van der Waals surface area contributed by atoms with Crippen molar-refractivity contribution in [3.63, 3.8) is 0 Å². The van der Waals surface area contributed by atoms with Crippen LogP contribution in [0, 0.1) is 0 Å². The van der Waals surface area contributed by atoms with Crippen molar-refractivity contribution in [2.75, 3.05) is 20.8 Å². The highest BCUT2D eigenvalue weighted by molar-refractivity contribution is 5.47. The Balaban J connectivity index is 2.26. The summed E-state index contributed by atoms with van der Waals surface area (Å²) in [6.45, 7) is 4.57. The highest BCUT2D eigenvalue weighted by Gasteiger charge is 2.17. The SMILES string of the molecule is COc1ccc(C(CN)Cc2cccc(OC(C)C)c2OC)cc1. The van der Waals surface area contributed by atoms with Crippen LogP contribution < -0.4 is 19.9 Å². The van der Waals surface area contributed by atoms with Gasteiger partial charge in [-0.15, -0.1) is 0 Å². The fourth-order valence-electron chi connectivity index (χ4n) is 2.78. The Bertz CT molecular complexity index is 638. The Kier molecular flexibility index (Phi) is 6.50. The Hall–Kier alpha value is -2.20. The number of para-hydroxylation sites is 1. The predicted molar refractivity (Wildman–Crippen MR) is 97.3 cm³/mol. The molecule has 0 aliphatic rings. The maximum Gasteiger partial charge on any atom is 0.163 e. The third kappa shape index (κ3) is 4.42. The van der Waals surface area contributed by atoms with Crippen molar-refractivity contribution in [3.8, 4) is 17.2 Å². The molecule has 0 spiro atoms. The Morgan fingerprint density at radius 3 is 2.21 bits per heavy atom. The van der Waals surface area contributed by atoms with E-state index in [4.69, 9.17) is 19.9 Å². The minimum absolute atomic E-state index is 0.0982. The molecule has 0 aliphatic carbocycles. The van der Waals surface area contributed by atoms with E-state index in [-0.39, 0.29) is 12.0 Å². The molecule has 1 unspecified atom stereocenters. The van der Waals surface area contributed by atoms with E-state index >= 15 is 0 Å². The summed E-state index contributed by atoms with van der Waals surface area (Å²) in [6.07, 6.45) is 0.891. The van der Waals surface area contributed by atoms with Crippen LogP contribution >= 0.6 is 0 Å². The lowest BCUT2D eigenvalue weighted by atomic mass is 9.91. The second-order valence-corrected chi connectivity index (χ2v) is 6.03. The third-order valence-corrected chi connectivity index (χ3v) is 3.97. The molecule has 2 rings (SSSR count). The average Bonchev–Trinajstić information content (AvgIpc) is 2.59. The van der Waals surface area contributed by atoms with Crippen molar-refractivity contribution in [2.24, 2.45) is 5.73 Å². The van der Waals surface area contributed by atoms with Gasteiger partial charge in [-0.1, -0.05) is 24.3 Å². The van der Waals surface area contributed by atoms with Crippen molar-refractivity contribution in [1.29, 1.82) is 0 Å². The number of benzene rings is 2. The first kappa shape index (κ1) is 18.1. The van der Waals surface area contributed by atoms with E-state index in [0.717, 1.165) is 29.2 Å². The molecule has 0 heterocycles. The highest BCUT2D eigenvalue weighted by Crippen LogP contribution is 2.35. The second kappa shape index (κ2) is 8.60. The van der Waals surface area contributed by atoms with E-state index in [1.54, 1.807) is 14.2 Å². The van der Waals surface area contributed by atoms with Gasteiger partial charge in [0.2, 0.25) is 0 Å². The van der Waals surface area contributed by atoms with Gasteiger partial charge in [0, 0.05) is 5.92 Å². The molecule has 2 aromatic carbocycles. The zero-order valence-corrected chi connectivity index (χ0v) is 14.9. The monoisotopic (exact) mass is 329 g/mol. The number of nitrogens with two attached hydrogens (primary N) is 1. The molecule has 130 valence electrons. The first-order chi connectivity index (χ1) is 11.6. The van der Waals surface area contributed by atoms with Crippen LogP contribution in [0.2, 0.25) is 0 Å². The summed E-state index contributed by atoms with van der Waals surface area (Å²) in [5.41, 5.74) is 8.32. The molecule has 24 heavy (non-hydrogen) atoms. The van der Waals surface area contributed by atoms with Crippen LogP contribution in [-0.4, -0.2) is 26.9 Å². The summed E-state index contributed by atoms with van der Waals surface area (Å²) < 4.78 is 16.7. The molecule has 0 radical (unpaired) electrons. The number of rotatable bonds is 8. The summed E-state index contributed by atoms with van der Waals surface area (Å²) in [5, 5.41) is 0. The van der Waals surface area contributed by atoms with Crippen molar-refractivity contribution in [1.82, 2.24) is 0 Å². The quantitative estimate of drug-likeness (QED) is 0.801. The number of hydrogen-bond donors (Lipinski definition) is 1. The average molecular weight is 329 g/mol. The molecular weight excluding hydrogens is 302 g/mol. The lowest BCUT2D eigenvalue weighted by Gasteiger charge is -2.20. The first-order valence-electron chi connectivity index (χ1n) is 8.25.